The van der Waals surface area contributed by atoms with E-state index in [9.17, 15) is 22.4 Å². The van der Waals surface area contributed by atoms with Crippen LogP contribution in [0.25, 0.3) is 0 Å². The largest absolute Gasteiger partial charge is 0.420 e. The molecule has 144 valence electrons. The van der Waals surface area contributed by atoms with Crippen molar-refractivity contribution in [2.75, 3.05) is 14.2 Å². The van der Waals surface area contributed by atoms with Gasteiger partial charge < -0.3 is 14.3 Å². The molecule has 2 unspecified atom stereocenters. The van der Waals surface area contributed by atoms with Gasteiger partial charge in [0.2, 0.25) is 17.4 Å². The maximum Gasteiger partial charge on any atom is 0.318 e. The third-order valence-corrected chi connectivity index (χ3v) is 5.19. The molecule has 2 atom stereocenters. The molecule has 0 heterocycles. The van der Waals surface area contributed by atoms with Crippen LogP contribution in [-0.4, -0.2) is 26.4 Å². The Balaban J connectivity index is 2.38. The van der Waals surface area contributed by atoms with Crippen molar-refractivity contribution in [3.63, 3.8) is 0 Å². The van der Waals surface area contributed by atoms with Crippen molar-refractivity contribution in [3.8, 4) is 5.75 Å². The number of carbonyl (C=O) groups is 1. The molecule has 0 aromatic heterocycles. The molecule has 5 nitrogen and oxygen atoms in total. The second kappa shape index (κ2) is 6.86. The van der Waals surface area contributed by atoms with Crippen LogP contribution in [0, 0.1) is 40.0 Å². The Bertz CT molecular complexity index is 737. The lowest BCUT2D eigenvalue weighted by molar-refractivity contribution is -0.141. The zero-order valence-corrected chi connectivity index (χ0v) is 15.0. The Labute approximate surface area is 147 Å². The number of esters is 1. The first kappa shape index (κ1) is 20.2. The lowest BCUT2D eigenvalue weighted by Gasteiger charge is -2.16. The Morgan fingerprint density at radius 2 is 1.62 bits per heavy atom. The van der Waals surface area contributed by atoms with Crippen LogP contribution in [0.3, 0.4) is 0 Å². The van der Waals surface area contributed by atoms with Crippen LogP contribution >= 0.6 is 0 Å². The normalized spacial score (nSPS) is 24.0. The average Bonchev–Trinajstić information content (AvgIpc) is 3.04. The molecule has 9 heteroatoms. The van der Waals surface area contributed by atoms with Gasteiger partial charge >= 0.3 is 5.97 Å². The highest BCUT2D eigenvalue weighted by Crippen LogP contribution is 2.68. The van der Waals surface area contributed by atoms with Gasteiger partial charge in [-0.3, -0.25) is 4.79 Å². The summed E-state index contributed by atoms with van der Waals surface area (Å²) in [5.41, 5.74) is -2.79. The number of hydrogen-bond acceptors (Lipinski definition) is 5. The van der Waals surface area contributed by atoms with Crippen LogP contribution < -0.4 is 4.74 Å². The minimum atomic E-state index is -1.80. The smallest absolute Gasteiger partial charge is 0.318 e. The molecule has 0 saturated heterocycles. The molecule has 1 aliphatic rings. The number of methoxy groups -OCH3 is 1. The van der Waals surface area contributed by atoms with Crippen LogP contribution in [0.15, 0.2) is 5.16 Å². The van der Waals surface area contributed by atoms with Crippen LogP contribution in [0.4, 0.5) is 17.6 Å². The predicted octanol–water partition coefficient (Wildman–Crippen LogP) is 3.59. The van der Waals surface area contributed by atoms with Crippen molar-refractivity contribution >= 4 is 12.2 Å². The first-order valence-corrected chi connectivity index (χ1v) is 7.68. The molecule has 1 aromatic rings. The van der Waals surface area contributed by atoms with Crippen molar-refractivity contribution in [2.24, 2.45) is 21.9 Å². The van der Waals surface area contributed by atoms with E-state index < -0.39 is 63.9 Å². The van der Waals surface area contributed by atoms with Gasteiger partial charge in [0.15, 0.2) is 11.6 Å². The number of carbonyl (C=O) groups excluding carboxylic acids is 1. The molecular weight excluding hydrogens is 358 g/mol. The molecular formula is C17H19F4NO4. The van der Waals surface area contributed by atoms with Gasteiger partial charge in [-0.05, 0) is 12.3 Å². The zero-order valence-electron chi connectivity index (χ0n) is 15.0. The zero-order chi connectivity index (χ0) is 19.9. The standard InChI is InChI=1S/C17H19F4NO4/c1-16(2)9(6-22-25-5)17(16,3)15(23)26-14-12(20)10(18)8(7-24-4)11(19)13(14)21/h6,9H,7H2,1-5H3. The van der Waals surface area contributed by atoms with Crippen molar-refractivity contribution in [1.82, 2.24) is 0 Å². The number of halogens is 4. The third kappa shape index (κ3) is 2.84. The molecule has 1 fully saturated rings. The maximum atomic E-state index is 14.1. The number of oxime groups is 1. The van der Waals surface area contributed by atoms with E-state index >= 15 is 0 Å². The molecule has 1 aromatic carbocycles. The summed E-state index contributed by atoms with van der Waals surface area (Å²) >= 11 is 0. The molecule has 1 aliphatic carbocycles. The predicted molar refractivity (Wildman–Crippen MR) is 83.5 cm³/mol. The van der Waals surface area contributed by atoms with Gasteiger partial charge in [0.1, 0.15) is 7.11 Å². The summed E-state index contributed by atoms with van der Waals surface area (Å²) in [4.78, 5) is 17.1. The summed E-state index contributed by atoms with van der Waals surface area (Å²) in [5, 5.41) is 3.59. The Morgan fingerprint density at radius 3 is 2.08 bits per heavy atom. The number of rotatable bonds is 6. The number of ether oxygens (including phenoxy) is 2. The monoisotopic (exact) mass is 377 g/mol. The van der Waals surface area contributed by atoms with Gasteiger partial charge in [-0.2, -0.15) is 8.78 Å². The van der Waals surface area contributed by atoms with Crippen LogP contribution in [-0.2, 0) is 21.0 Å². The summed E-state index contributed by atoms with van der Waals surface area (Å²) < 4.78 is 65.4. The quantitative estimate of drug-likeness (QED) is 0.190. The molecule has 2 rings (SSSR count). The van der Waals surface area contributed by atoms with Crippen LogP contribution in [0.5, 0.6) is 5.75 Å². The minimum Gasteiger partial charge on any atom is -0.420 e. The average molecular weight is 377 g/mol. The van der Waals surface area contributed by atoms with E-state index in [1.807, 2.05) is 0 Å². The Morgan fingerprint density at radius 1 is 1.08 bits per heavy atom. The fourth-order valence-corrected chi connectivity index (χ4v) is 3.09. The van der Waals surface area contributed by atoms with E-state index in [1.165, 1.54) is 20.2 Å². The SMILES string of the molecule is COCc1c(F)c(F)c(OC(=O)C2(C)C(C=NOC)C2(C)C)c(F)c1F. The summed E-state index contributed by atoms with van der Waals surface area (Å²) in [6.45, 7) is 4.26. The summed E-state index contributed by atoms with van der Waals surface area (Å²) in [7, 11) is 2.43. The molecule has 0 bridgehead atoms. The van der Waals surface area contributed by atoms with Crippen molar-refractivity contribution < 1.29 is 36.7 Å². The number of nitrogens with zero attached hydrogens (tertiary/aromatic N) is 1. The first-order chi connectivity index (χ1) is 12.0. The van der Waals surface area contributed by atoms with E-state index in [0.717, 1.165) is 7.11 Å². The van der Waals surface area contributed by atoms with E-state index in [0.29, 0.717) is 0 Å². The van der Waals surface area contributed by atoms with Gasteiger partial charge in [0.05, 0.1) is 17.6 Å². The van der Waals surface area contributed by atoms with Crippen molar-refractivity contribution in [2.45, 2.75) is 27.4 Å². The maximum absolute atomic E-state index is 14.1. The van der Waals surface area contributed by atoms with E-state index in [1.54, 1.807) is 13.8 Å². The highest BCUT2D eigenvalue weighted by Gasteiger charge is 2.73. The van der Waals surface area contributed by atoms with E-state index in [-0.39, 0.29) is 0 Å². The second-order valence-electron chi connectivity index (χ2n) is 6.72. The lowest BCUT2D eigenvalue weighted by Crippen LogP contribution is -2.26. The molecule has 0 aliphatic heterocycles. The lowest BCUT2D eigenvalue weighted by atomic mass is 9.98. The molecule has 1 saturated carbocycles. The molecule has 0 radical (unpaired) electrons. The molecule has 0 N–H and O–H groups in total. The van der Waals surface area contributed by atoms with Gasteiger partial charge in [-0.15, -0.1) is 0 Å². The highest BCUT2D eigenvalue weighted by molar-refractivity contribution is 5.90. The van der Waals surface area contributed by atoms with Gasteiger partial charge in [0, 0.05) is 19.2 Å². The van der Waals surface area contributed by atoms with Gasteiger partial charge in [-0.25, -0.2) is 8.78 Å². The van der Waals surface area contributed by atoms with E-state index in [4.69, 9.17) is 4.74 Å². The molecule has 26 heavy (non-hydrogen) atoms. The number of benzene rings is 1. The van der Waals surface area contributed by atoms with Gasteiger partial charge in [0.25, 0.3) is 0 Å². The molecule has 0 amide bonds. The highest BCUT2D eigenvalue weighted by atomic mass is 19.2. The van der Waals surface area contributed by atoms with Crippen LogP contribution in [0.2, 0.25) is 0 Å². The first-order valence-electron chi connectivity index (χ1n) is 7.68. The Hall–Kier alpha value is -2.16. The van der Waals surface area contributed by atoms with Crippen LogP contribution in [0.1, 0.15) is 26.3 Å². The third-order valence-electron chi connectivity index (χ3n) is 5.19. The fourth-order valence-electron chi connectivity index (χ4n) is 3.09. The second-order valence-corrected chi connectivity index (χ2v) is 6.72. The Kier molecular flexibility index (Phi) is 5.32. The number of hydrogen-bond donors (Lipinski definition) is 0. The van der Waals surface area contributed by atoms with E-state index in [2.05, 4.69) is 14.7 Å². The summed E-state index contributed by atoms with van der Waals surface area (Å²) in [5.74, 6) is -9.85. The van der Waals surface area contributed by atoms with Gasteiger partial charge in [-0.1, -0.05) is 19.0 Å². The topological polar surface area (TPSA) is 57.1 Å². The van der Waals surface area contributed by atoms with Crippen molar-refractivity contribution in [3.05, 3.63) is 28.8 Å². The summed E-state index contributed by atoms with van der Waals surface area (Å²) in [6, 6.07) is 0. The summed E-state index contributed by atoms with van der Waals surface area (Å²) in [6.07, 6.45) is 1.37. The molecule has 0 spiro atoms. The fraction of sp³-hybridized carbons (Fsp3) is 0.529. The van der Waals surface area contributed by atoms with Crippen molar-refractivity contribution in [1.29, 1.82) is 0 Å². The minimum absolute atomic E-state index is 0.448.